The molecule has 0 aromatic heterocycles. The van der Waals surface area contributed by atoms with E-state index in [1.54, 1.807) is 24.3 Å². The smallest absolute Gasteiger partial charge is 0.221 e. The van der Waals surface area contributed by atoms with E-state index in [-0.39, 0.29) is 24.1 Å². The first-order valence-corrected chi connectivity index (χ1v) is 10.6. The maximum Gasteiger partial charge on any atom is 0.221 e. The zero-order chi connectivity index (χ0) is 17.3. The third-order valence-electron chi connectivity index (χ3n) is 5.80. The van der Waals surface area contributed by atoms with Gasteiger partial charge in [-0.15, -0.1) is 0 Å². The molecule has 0 aliphatic heterocycles. The van der Waals surface area contributed by atoms with Gasteiger partial charge in [0.25, 0.3) is 0 Å². The van der Waals surface area contributed by atoms with E-state index < -0.39 is 9.84 Å². The van der Waals surface area contributed by atoms with Crippen molar-refractivity contribution < 1.29 is 13.2 Å². The summed E-state index contributed by atoms with van der Waals surface area (Å²) in [6.45, 7) is 3.98. The fraction of sp³-hybridized carbons (Fsp3) is 0.632. The molecule has 1 amide bonds. The summed E-state index contributed by atoms with van der Waals surface area (Å²) in [5, 5.41) is 3.04. The minimum Gasteiger partial charge on any atom is -0.353 e. The molecular weight excluding hydrogens is 322 g/mol. The van der Waals surface area contributed by atoms with E-state index in [9.17, 15) is 13.2 Å². The van der Waals surface area contributed by atoms with Crippen LogP contribution in [0.15, 0.2) is 29.2 Å². The average Bonchev–Trinajstić information content (AvgIpc) is 3.16. The Balaban J connectivity index is 1.51. The zero-order valence-electron chi connectivity index (χ0n) is 14.5. The molecule has 2 saturated carbocycles. The van der Waals surface area contributed by atoms with Crippen LogP contribution in [0, 0.1) is 24.7 Å². The molecule has 0 spiro atoms. The Hall–Kier alpha value is -1.36. The second kappa shape index (κ2) is 6.87. The third kappa shape index (κ3) is 3.82. The van der Waals surface area contributed by atoms with Crippen molar-refractivity contribution in [3.8, 4) is 0 Å². The predicted molar refractivity (Wildman–Crippen MR) is 94.4 cm³/mol. The third-order valence-corrected chi connectivity index (χ3v) is 7.53. The molecule has 132 valence electrons. The average molecular weight is 349 g/mol. The molecule has 4 atom stereocenters. The van der Waals surface area contributed by atoms with E-state index in [0.29, 0.717) is 10.8 Å². The van der Waals surface area contributed by atoms with Crippen molar-refractivity contribution in [1.82, 2.24) is 5.32 Å². The standard InChI is InChI=1S/C19H27NO3S/c1-13-3-7-17(8-4-13)24(22,23)10-9-19(21)20-14(2)18-12-15-5-6-16(18)11-15/h3-4,7-8,14-16,18H,5-6,9-12H2,1-2H3,(H,20,21)/t14-,15+,16+,18-/m0/s1. The highest BCUT2D eigenvalue weighted by atomic mass is 32.2. The lowest BCUT2D eigenvalue weighted by Gasteiger charge is -2.28. The number of rotatable bonds is 6. The largest absolute Gasteiger partial charge is 0.353 e. The van der Waals surface area contributed by atoms with Gasteiger partial charge < -0.3 is 5.32 Å². The number of sulfone groups is 1. The van der Waals surface area contributed by atoms with Gasteiger partial charge in [-0.05, 0) is 63.0 Å². The molecule has 4 nitrogen and oxygen atoms in total. The molecule has 5 heteroatoms. The molecule has 0 unspecified atom stereocenters. The number of aryl methyl sites for hydroxylation is 1. The Morgan fingerprint density at radius 3 is 2.50 bits per heavy atom. The summed E-state index contributed by atoms with van der Waals surface area (Å²) in [4.78, 5) is 12.5. The summed E-state index contributed by atoms with van der Waals surface area (Å²) < 4.78 is 24.6. The topological polar surface area (TPSA) is 63.2 Å². The molecule has 0 heterocycles. The number of carbonyl (C=O) groups is 1. The lowest BCUT2D eigenvalue weighted by molar-refractivity contribution is -0.121. The highest BCUT2D eigenvalue weighted by molar-refractivity contribution is 7.91. The number of hydrogen-bond donors (Lipinski definition) is 1. The Bertz CT molecular complexity index is 696. The normalized spacial score (nSPS) is 27.2. The second-order valence-corrected chi connectivity index (χ2v) is 9.69. The Morgan fingerprint density at radius 1 is 1.21 bits per heavy atom. The molecule has 3 rings (SSSR count). The Labute approximate surface area is 145 Å². The molecule has 1 aromatic rings. The van der Waals surface area contributed by atoms with Gasteiger partial charge in [-0.2, -0.15) is 0 Å². The van der Waals surface area contributed by atoms with E-state index in [2.05, 4.69) is 12.2 Å². The second-order valence-electron chi connectivity index (χ2n) is 7.58. The van der Waals surface area contributed by atoms with Crippen LogP contribution >= 0.6 is 0 Å². The highest BCUT2D eigenvalue weighted by Crippen LogP contribution is 2.49. The van der Waals surface area contributed by atoms with Crippen molar-refractivity contribution in [3.05, 3.63) is 29.8 Å². The maximum atomic E-state index is 12.3. The van der Waals surface area contributed by atoms with Gasteiger partial charge in [-0.25, -0.2) is 8.42 Å². The van der Waals surface area contributed by atoms with Crippen LogP contribution in [-0.2, 0) is 14.6 Å². The summed E-state index contributed by atoms with van der Waals surface area (Å²) in [7, 11) is -3.40. The van der Waals surface area contributed by atoms with E-state index in [1.807, 2.05) is 6.92 Å². The minimum atomic E-state index is -3.40. The van der Waals surface area contributed by atoms with E-state index in [1.165, 1.54) is 25.7 Å². The van der Waals surface area contributed by atoms with Crippen LogP contribution in [0.1, 0.15) is 44.6 Å². The first kappa shape index (κ1) is 17.5. The number of fused-ring (bicyclic) bond motifs is 2. The van der Waals surface area contributed by atoms with Gasteiger partial charge in [0.1, 0.15) is 0 Å². The van der Waals surface area contributed by atoms with Gasteiger partial charge in [-0.3, -0.25) is 4.79 Å². The van der Waals surface area contributed by atoms with Crippen LogP contribution in [0.5, 0.6) is 0 Å². The van der Waals surface area contributed by atoms with E-state index >= 15 is 0 Å². The van der Waals surface area contributed by atoms with Crippen LogP contribution in [0.25, 0.3) is 0 Å². The number of benzene rings is 1. The first-order valence-electron chi connectivity index (χ1n) is 8.94. The van der Waals surface area contributed by atoms with Gasteiger partial charge >= 0.3 is 0 Å². The van der Waals surface area contributed by atoms with Crippen LogP contribution in [-0.4, -0.2) is 26.1 Å². The first-order chi connectivity index (χ1) is 11.3. The molecule has 24 heavy (non-hydrogen) atoms. The molecule has 2 fully saturated rings. The Morgan fingerprint density at radius 2 is 1.92 bits per heavy atom. The van der Waals surface area contributed by atoms with Crippen LogP contribution in [0.4, 0.5) is 0 Å². The van der Waals surface area contributed by atoms with Gasteiger partial charge in [-0.1, -0.05) is 24.1 Å². The van der Waals surface area contributed by atoms with Crippen molar-refractivity contribution in [1.29, 1.82) is 0 Å². The molecule has 1 aromatic carbocycles. The molecule has 0 radical (unpaired) electrons. The molecular formula is C19H27NO3S. The molecule has 2 aliphatic rings. The molecule has 2 bridgehead atoms. The predicted octanol–water partition coefficient (Wildman–Crippen LogP) is 3.10. The fourth-order valence-corrected chi connectivity index (χ4v) is 5.67. The molecule has 2 aliphatic carbocycles. The van der Waals surface area contributed by atoms with Crippen molar-refractivity contribution in [2.75, 3.05) is 5.75 Å². The van der Waals surface area contributed by atoms with Crippen molar-refractivity contribution in [2.45, 2.75) is 56.9 Å². The summed E-state index contributed by atoms with van der Waals surface area (Å²) in [5.41, 5.74) is 1.02. The Kier molecular flexibility index (Phi) is 5.00. The summed E-state index contributed by atoms with van der Waals surface area (Å²) in [6, 6.07) is 6.93. The zero-order valence-corrected chi connectivity index (χ0v) is 15.3. The summed E-state index contributed by atoms with van der Waals surface area (Å²) in [6.07, 6.45) is 5.19. The lowest BCUT2D eigenvalue weighted by atomic mass is 9.84. The lowest BCUT2D eigenvalue weighted by Crippen LogP contribution is -2.40. The maximum absolute atomic E-state index is 12.3. The van der Waals surface area contributed by atoms with Gasteiger partial charge in [0.2, 0.25) is 5.91 Å². The minimum absolute atomic E-state index is 0.0291. The molecule has 0 saturated heterocycles. The fourth-order valence-electron chi connectivity index (χ4n) is 4.43. The monoisotopic (exact) mass is 349 g/mol. The van der Waals surface area contributed by atoms with Gasteiger partial charge in [0.05, 0.1) is 10.6 Å². The number of nitrogens with one attached hydrogen (secondary N) is 1. The van der Waals surface area contributed by atoms with Crippen LogP contribution in [0.3, 0.4) is 0 Å². The quantitative estimate of drug-likeness (QED) is 0.858. The molecule has 1 N–H and O–H groups in total. The number of amides is 1. The van der Waals surface area contributed by atoms with Gasteiger partial charge in [0, 0.05) is 12.5 Å². The van der Waals surface area contributed by atoms with Crippen molar-refractivity contribution >= 4 is 15.7 Å². The number of carbonyl (C=O) groups excluding carboxylic acids is 1. The van der Waals surface area contributed by atoms with E-state index in [0.717, 1.165) is 17.4 Å². The van der Waals surface area contributed by atoms with Crippen molar-refractivity contribution in [2.24, 2.45) is 17.8 Å². The van der Waals surface area contributed by atoms with Crippen LogP contribution < -0.4 is 5.32 Å². The summed E-state index contributed by atoms with van der Waals surface area (Å²) >= 11 is 0. The van der Waals surface area contributed by atoms with Crippen LogP contribution in [0.2, 0.25) is 0 Å². The van der Waals surface area contributed by atoms with Gasteiger partial charge in [0.15, 0.2) is 9.84 Å². The SMILES string of the molecule is Cc1ccc(S(=O)(=O)CCC(=O)N[C@@H](C)[C@@H]2C[C@@H]3CC[C@@H]2C3)cc1. The number of hydrogen-bond acceptors (Lipinski definition) is 3. The van der Waals surface area contributed by atoms with E-state index in [4.69, 9.17) is 0 Å². The van der Waals surface area contributed by atoms with Crippen molar-refractivity contribution in [3.63, 3.8) is 0 Å². The highest BCUT2D eigenvalue weighted by Gasteiger charge is 2.42. The summed E-state index contributed by atoms with van der Waals surface area (Å²) in [5.74, 6) is 1.89.